The Kier molecular flexibility index (Phi) is 6.42. The van der Waals surface area contributed by atoms with E-state index in [2.05, 4.69) is 41.7 Å². The lowest BCUT2D eigenvalue weighted by molar-refractivity contribution is -0.114. The average molecular weight is 469 g/mol. The van der Waals surface area contributed by atoms with E-state index >= 15 is 0 Å². The van der Waals surface area contributed by atoms with Gasteiger partial charge in [0.05, 0.1) is 11.4 Å². The van der Waals surface area contributed by atoms with E-state index in [0.717, 1.165) is 16.5 Å². The topological polar surface area (TPSA) is 103 Å². The molecule has 35 heavy (non-hydrogen) atoms. The second-order valence-corrected chi connectivity index (χ2v) is 9.46. The van der Waals surface area contributed by atoms with Gasteiger partial charge in [-0.2, -0.15) is 0 Å². The third-order valence-electron chi connectivity index (χ3n) is 5.67. The van der Waals surface area contributed by atoms with Gasteiger partial charge in [0, 0.05) is 35.5 Å². The summed E-state index contributed by atoms with van der Waals surface area (Å²) in [6.07, 6.45) is 1.81. The predicted octanol–water partition coefficient (Wildman–Crippen LogP) is 5.93. The van der Waals surface area contributed by atoms with Gasteiger partial charge in [0.2, 0.25) is 5.91 Å². The van der Waals surface area contributed by atoms with Crippen molar-refractivity contribution >= 4 is 45.7 Å². The fourth-order valence-electron chi connectivity index (χ4n) is 3.74. The summed E-state index contributed by atoms with van der Waals surface area (Å²) in [5.41, 5.74) is 4.19. The van der Waals surface area contributed by atoms with Crippen LogP contribution in [-0.4, -0.2) is 22.7 Å². The second kappa shape index (κ2) is 9.46. The third kappa shape index (κ3) is 5.58. The predicted molar refractivity (Wildman–Crippen MR) is 140 cm³/mol. The number of H-pyrrole nitrogens is 1. The van der Waals surface area contributed by atoms with E-state index in [9.17, 15) is 14.4 Å². The summed E-state index contributed by atoms with van der Waals surface area (Å²) in [5, 5.41) is 9.45. The zero-order valence-corrected chi connectivity index (χ0v) is 20.2. The van der Waals surface area contributed by atoms with Crippen LogP contribution in [0, 0.1) is 0 Å². The van der Waals surface area contributed by atoms with Gasteiger partial charge in [-0.25, -0.2) is 0 Å². The molecule has 1 heterocycles. The van der Waals surface area contributed by atoms with Crippen molar-refractivity contribution in [2.45, 2.75) is 33.1 Å². The highest BCUT2D eigenvalue weighted by molar-refractivity contribution is 6.11. The van der Waals surface area contributed by atoms with E-state index in [1.54, 1.807) is 42.5 Å². The van der Waals surface area contributed by atoms with Crippen LogP contribution in [0.3, 0.4) is 0 Å². The SMILES string of the molecule is CC(=O)Nc1ccc(NC(=O)c2ccc3cc[nH]c3c2)c(NC(=O)c2ccc(C(C)(C)C)cc2)c1. The molecular formula is C28H28N4O3. The lowest BCUT2D eigenvalue weighted by atomic mass is 9.87. The van der Waals surface area contributed by atoms with Crippen LogP contribution in [0.15, 0.2) is 72.9 Å². The molecule has 0 aliphatic carbocycles. The van der Waals surface area contributed by atoms with Crippen LogP contribution in [0.1, 0.15) is 54.0 Å². The van der Waals surface area contributed by atoms with Crippen molar-refractivity contribution < 1.29 is 14.4 Å². The van der Waals surface area contributed by atoms with Crippen LogP contribution in [-0.2, 0) is 10.2 Å². The number of hydrogen-bond donors (Lipinski definition) is 4. The summed E-state index contributed by atoms with van der Waals surface area (Å²) in [6.45, 7) is 7.73. The molecule has 4 aromatic rings. The first-order valence-electron chi connectivity index (χ1n) is 11.3. The van der Waals surface area contributed by atoms with Crippen molar-refractivity contribution in [3.8, 4) is 0 Å². The minimum absolute atomic E-state index is 0.0255. The summed E-state index contributed by atoms with van der Waals surface area (Å²) < 4.78 is 0. The van der Waals surface area contributed by atoms with Crippen LogP contribution in [0.4, 0.5) is 17.1 Å². The monoisotopic (exact) mass is 468 g/mol. The van der Waals surface area contributed by atoms with E-state index in [-0.39, 0.29) is 23.1 Å². The Morgan fingerprint density at radius 1 is 0.714 bits per heavy atom. The second-order valence-electron chi connectivity index (χ2n) is 9.46. The molecule has 0 bridgehead atoms. The number of nitrogens with one attached hydrogen (secondary N) is 4. The van der Waals surface area contributed by atoms with Gasteiger partial charge in [-0.15, -0.1) is 0 Å². The molecule has 3 amide bonds. The van der Waals surface area contributed by atoms with Crippen molar-refractivity contribution in [1.82, 2.24) is 4.98 Å². The number of aromatic nitrogens is 1. The molecule has 4 rings (SSSR count). The lowest BCUT2D eigenvalue weighted by Gasteiger charge is -2.19. The van der Waals surface area contributed by atoms with Gasteiger partial charge < -0.3 is 20.9 Å². The first kappa shape index (κ1) is 23.8. The van der Waals surface area contributed by atoms with E-state index in [0.29, 0.717) is 28.2 Å². The molecule has 178 valence electrons. The van der Waals surface area contributed by atoms with E-state index < -0.39 is 0 Å². The van der Waals surface area contributed by atoms with Crippen molar-refractivity contribution in [1.29, 1.82) is 0 Å². The normalized spacial score (nSPS) is 11.2. The number of carbonyl (C=O) groups is 3. The first-order chi connectivity index (χ1) is 16.6. The zero-order chi connectivity index (χ0) is 25.2. The molecule has 0 unspecified atom stereocenters. The number of amides is 3. The number of aromatic amines is 1. The fraction of sp³-hybridized carbons (Fsp3) is 0.179. The number of rotatable bonds is 5. The Morgan fingerprint density at radius 2 is 1.37 bits per heavy atom. The summed E-state index contributed by atoms with van der Waals surface area (Å²) in [4.78, 5) is 40.6. The van der Waals surface area contributed by atoms with Gasteiger partial charge in [0.25, 0.3) is 11.8 Å². The largest absolute Gasteiger partial charge is 0.361 e. The molecule has 0 fully saturated rings. The first-order valence-corrected chi connectivity index (χ1v) is 11.3. The Hall–Kier alpha value is -4.39. The van der Waals surface area contributed by atoms with Crippen LogP contribution in [0.2, 0.25) is 0 Å². The van der Waals surface area contributed by atoms with Crippen molar-refractivity contribution in [3.05, 3.63) is 89.6 Å². The molecule has 3 aromatic carbocycles. The molecule has 0 saturated carbocycles. The Balaban J connectivity index is 1.60. The molecule has 0 aliphatic rings. The molecule has 7 nitrogen and oxygen atoms in total. The molecule has 0 atom stereocenters. The van der Waals surface area contributed by atoms with Crippen LogP contribution < -0.4 is 16.0 Å². The molecule has 7 heteroatoms. The molecule has 1 aromatic heterocycles. The summed E-state index contributed by atoms with van der Waals surface area (Å²) in [6, 6.07) is 19.7. The van der Waals surface area contributed by atoms with Crippen molar-refractivity contribution in [3.63, 3.8) is 0 Å². The van der Waals surface area contributed by atoms with E-state index in [4.69, 9.17) is 0 Å². The molecule has 0 spiro atoms. The maximum atomic E-state index is 13.0. The maximum absolute atomic E-state index is 13.0. The van der Waals surface area contributed by atoms with Crippen LogP contribution in [0.25, 0.3) is 10.9 Å². The van der Waals surface area contributed by atoms with Gasteiger partial charge in [-0.1, -0.05) is 39.0 Å². The summed E-state index contributed by atoms with van der Waals surface area (Å²) in [7, 11) is 0. The molecule has 4 N–H and O–H groups in total. The fourth-order valence-corrected chi connectivity index (χ4v) is 3.74. The zero-order valence-electron chi connectivity index (χ0n) is 20.2. The quantitative estimate of drug-likeness (QED) is 0.292. The Labute approximate surface area is 203 Å². The number of anilines is 3. The summed E-state index contributed by atoms with van der Waals surface area (Å²) in [5.74, 6) is -0.886. The standard InChI is InChI=1S/C28H28N4O3/c1-17(33)30-22-11-12-23(31-27(35)20-6-5-18-13-14-29-24(18)15-20)25(16-22)32-26(34)19-7-9-21(10-8-19)28(2,3)4/h5-16,29H,1-4H3,(H,30,33)(H,31,35)(H,32,34). The Morgan fingerprint density at radius 3 is 2.06 bits per heavy atom. The molecule has 0 aliphatic heterocycles. The van der Waals surface area contributed by atoms with Crippen molar-refractivity contribution in [2.75, 3.05) is 16.0 Å². The smallest absolute Gasteiger partial charge is 0.255 e. The molecule has 0 saturated heterocycles. The van der Waals surface area contributed by atoms with Crippen LogP contribution >= 0.6 is 0 Å². The van der Waals surface area contributed by atoms with Gasteiger partial charge in [-0.05, 0) is 64.9 Å². The number of fused-ring (bicyclic) bond motifs is 1. The van der Waals surface area contributed by atoms with Gasteiger partial charge in [-0.3, -0.25) is 14.4 Å². The van der Waals surface area contributed by atoms with E-state index in [1.165, 1.54) is 6.92 Å². The third-order valence-corrected chi connectivity index (χ3v) is 5.67. The highest BCUT2D eigenvalue weighted by atomic mass is 16.2. The van der Waals surface area contributed by atoms with Crippen molar-refractivity contribution in [2.24, 2.45) is 0 Å². The maximum Gasteiger partial charge on any atom is 0.255 e. The van der Waals surface area contributed by atoms with E-state index in [1.807, 2.05) is 30.5 Å². The number of carbonyl (C=O) groups excluding carboxylic acids is 3. The molecular weight excluding hydrogens is 440 g/mol. The minimum atomic E-state index is -0.325. The highest BCUT2D eigenvalue weighted by Crippen LogP contribution is 2.28. The van der Waals surface area contributed by atoms with Gasteiger partial charge in [0.1, 0.15) is 0 Å². The van der Waals surface area contributed by atoms with Gasteiger partial charge in [0.15, 0.2) is 0 Å². The number of hydrogen-bond acceptors (Lipinski definition) is 3. The number of benzene rings is 3. The van der Waals surface area contributed by atoms with Gasteiger partial charge >= 0.3 is 0 Å². The minimum Gasteiger partial charge on any atom is -0.361 e. The van der Waals surface area contributed by atoms with Crippen LogP contribution in [0.5, 0.6) is 0 Å². The average Bonchev–Trinajstić information content (AvgIpc) is 3.28. The summed E-state index contributed by atoms with van der Waals surface area (Å²) >= 11 is 0. The lowest BCUT2D eigenvalue weighted by Crippen LogP contribution is -2.18. The molecule has 0 radical (unpaired) electrons. The highest BCUT2D eigenvalue weighted by Gasteiger charge is 2.17. The Bertz CT molecular complexity index is 1410.